The molecule has 0 N–H and O–H groups in total. The fourth-order valence-corrected chi connectivity index (χ4v) is 5.62. The summed E-state index contributed by atoms with van der Waals surface area (Å²) in [4.78, 5) is 9.97. The van der Waals surface area contributed by atoms with Crippen molar-refractivity contribution in [3.63, 3.8) is 0 Å². The molecule has 2 heterocycles. The number of benzene rings is 1. The Kier molecular flexibility index (Phi) is 5.77. The third kappa shape index (κ3) is 4.49. The Morgan fingerprint density at radius 2 is 1.95 bits per heavy atom. The van der Waals surface area contributed by atoms with Gasteiger partial charge in [0, 0.05) is 11.9 Å². The van der Waals surface area contributed by atoms with Gasteiger partial charge in [-0.1, -0.05) is 29.0 Å². The van der Waals surface area contributed by atoms with Crippen LogP contribution in [0.2, 0.25) is 0 Å². The second kappa shape index (κ2) is 8.01. The maximum Gasteiger partial charge on any atom is 0.199 e. The molecule has 2 nitrogen and oxygen atoms in total. The van der Waals surface area contributed by atoms with Crippen LogP contribution < -0.4 is 0 Å². The fraction of sp³-hybridized carbons (Fsp3) is 0.0667. The minimum Gasteiger partial charge on any atom is -0.230 e. The van der Waals surface area contributed by atoms with Crippen LogP contribution in [0.15, 0.2) is 59.2 Å². The van der Waals surface area contributed by atoms with Crippen molar-refractivity contribution >= 4 is 42.8 Å². The number of aromatic nitrogens is 2. The van der Waals surface area contributed by atoms with Crippen LogP contribution >= 0.6 is 42.8 Å². The van der Waals surface area contributed by atoms with E-state index in [0.29, 0.717) is 0 Å². The van der Waals surface area contributed by atoms with Crippen molar-refractivity contribution in [2.24, 2.45) is 0 Å². The van der Waals surface area contributed by atoms with E-state index >= 15 is 0 Å². The molecule has 0 spiro atoms. The maximum absolute atomic E-state index is 12.8. The molecule has 0 aliphatic carbocycles. The molecule has 0 aliphatic rings. The van der Waals surface area contributed by atoms with E-state index in [1.807, 2.05) is 29.6 Å². The Labute approximate surface area is 143 Å². The molecule has 2 aromatic heterocycles. The Morgan fingerprint density at radius 1 is 1.09 bits per heavy atom. The van der Waals surface area contributed by atoms with Crippen LogP contribution in [-0.2, 0) is 5.75 Å². The summed E-state index contributed by atoms with van der Waals surface area (Å²) in [6.07, 6.45) is 1.79. The summed E-state index contributed by atoms with van der Waals surface area (Å²) in [6, 6.07) is 12.6. The fourth-order valence-electron chi connectivity index (χ4n) is 1.67. The predicted molar refractivity (Wildman–Crippen MR) is 96.5 cm³/mol. The Balaban J connectivity index is 1.51. The number of thiophene rings is 1. The normalized spacial score (nSPS) is 10.8. The minimum atomic E-state index is -0.199. The van der Waals surface area contributed by atoms with Crippen LogP contribution in [0.5, 0.6) is 0 Å². The lowest BCUT2D eigenvalue weighted by Crippen LogP contribution is -1.86. The summed E-state index contributed by atoms with van der Waals surface area (Å²) in [5.41, 5.74) is 2.06. The SMILES string of the molecule is Fc1ccc(CSSSc2nccc(-c3cccs3)n2)cc1. The van der Waals surface area contributed by atoms with E-state index in [9.17, 15) is 4.39 Å². The second-order valence-corrected chi connectivity index (χ2v) is 9.22. The van der Waals surface area contributed by atoms with Gasteiger partial charge in [-0.05, 0) is 55.8 Å². The van der Waals surface area contributed by atoms with Gasteiger partial charge in [0.25, 0.3) is 0 Å². The number of nitrogens with zero attached hydrogens (tertiary/aromatic N) is 2. The molecule has 0 radical (unpaired) electrons. The zero-order valence-electron chi connectivity index (χ0n) is 11.3. The van der Waals surface area contributed by atoms with Crippen LogP contribution in [-0.4, -0.2) is 9.97 Å². The zero-order chi connectivity index (χ0) is 15.2. The van der Waals surface area contributed by atoms with Gasteiger partial charge in [0.2, 0.25) is 0 Å². The van der Waals surface area contributed by atoms with E-state index in [-0.39, 0.29) is 5.82 Å². The molecule has 0 amide bonds. The van der Waals surface area contributed by atoms with Gasteiger partial charge in [-0.3, -0.25) is 0 Å². The average Bonchev–Trinajstić information content (AvgIpc) is 3.08. The molecule has 0 aliphatic heterocycles. The van der Waals surface area contributed by atoms with E-state index in [2.05, 4.69) is 16.0 Å². The Morgan fingerprint density at radius 3 is 2.73 bits per heavy atom. The van der Waals surface area contributed by atoms with Gasteiger partial charge in [0.15, 0.2) is 5.16 Å². The lowest BCUT2D eigenvalue weighted by Gasteiger charge is -2.02. The lowest BCUT2D eigenvalue weighted by atomic mass is 10.2. The molecular formula is C15H11FN2S4. The smallest absolute Gasteiger partial charge is 0.199 e. The first-order valence-corrected chi connectivity index (χ1v) is 10.9. The van der Waals surface area contributed by atoms with Crippen LogP contribution in [0, 0.1) is 5.82 Å². The molecule has 1 aromatic carbocycles. The Hall–Kier alpha value is -1.02. The number of rotatable bonds is 6. The molecule has 7 heteroatoms. The van der Waals surface area contributed by atoms with Crippen LogP contribution in [0.4, 0.5) is 4.39 Å². The van der Waals surface area contributed by atoms with Crippen molar-refractivity contribution in [2.75, 3.05) is 0 Å². The summed E-state index contributed by atoms with van der Waals surface area (Å²) >= 11 is 1.67. The number of halogens is 1. The molecule has 22 heavy (non-hydrogen) atoms. The minimum absolute atomic E-state index is 0.199. The highest BCUT2D eigenvalue weighted by molar-refractivity contribution is 9.09. The highest BCUT2D eigenvalue weighted by Gasteiger charge is 2.04. The first kappa shape index (κ1) is 15.9. The molecule has 0 atom stereocenters. The van der Waals surface area contributed by atoms with Gasteiger partial charge < -0.3 is 0 Å². The molecule has 112 valence electrons. The molecular weight excluding hydrogens is 355 g/mol. The van der Waals surface area contributed by atoms with E-state index in [1.54, 1.807) is 48.9 Å². The standard InChI is InChI=1S/C15H11FN2S4/c16-12-5-3-11(4-6-12)10-20-22-21-15-17-8-7-13(18-15)14-2-1-9-19-14/h1-9H,10H2. The summed E-state index contributed by atoms with van der Waals surface area (Å²) in [5.74, 6) is 0.623. The van der Waals surface area contributed by atoms with Crippen LogP contribution in [0.25, 0.3) is 10.6 Å². The van der Waals surface area contributed by atoms with Gasteiger partial charge in [-0.15, -0.1) is 11.3 Å². The first-order valence-electron chi connectivity index (χ1n) is 6.39. The predicted octanol–water partition coefficient (Wildman–Crippen LogP) is 5.93. The molecule has 0 bridgehead atoms. The van der Waals surface area contributed by atoms with Crippen molar-refractivity contribution in [1.82, 2.24) is 9.97 Å². The summed E-state index contributed by atoms with van der Waals surface area (Å²) in [5, 5.41) is 2.79. The molecule has 0 unspecified atom stereocenters. The second-order valence-electron chi connectivity index (χ2n) is 4.24. The summed E-state index contributed by atoms with van der Waals surface area (Å²) in [7, 11) is 4.86. The third-order valence-corrected chi connectivity index (χ3v) is 7.33. The molecule has 0 fully saturated rings. The Bertz CT molecular complexity index is 717. The number of hydrogen-bond acceptors (Lipinski definition) is 6. The van der Waals surface area contributed by atoms with Crippen LogP contribution in [0.1, 0.15) is 5.56 Å². The topological polar surface area (TPSA) is 25.8 Å². The molecule has 3 aromatic rings. The summed E-state index contributed by atoms with van der Waals surface area (Å²) < 4.78 is 12.8. The third-order valence-electron chi connectivity index (χ3n) is 2.70. The van der Waals surface area contributed by atoms with E-state index < -0.39 is 0 Å². The number of hydrogen-bond donors (Lipinski definition) is 0. The van der Waals surface area contributed by atoms with Gasteiger partial charge in [-0.25, -0.2) is 14.4 Å². The van der Waals surface area contributed by atoms with Crippen molar-refractivity contribution in [3.8, 4) is 10.6 Å². The van der Waals surface area contributed by atoms with Crippen LogP contribution in [0.3, 0.4) is 0 Å². The van der Waals surface area contributed by atoms with Gasteiger partial charge >= 0.3 is 0 Å². The van der Waals surface area contributed by atoms with Crippen molar-refractivity contribution in [2.45, 2.75) is 10.9 Å². The maximum atomic E-state index is 12.8. The lowest BCUT2D eigenvalue weighted by molar-refractivity contribution is 0.627. The van der Waals surface area contributed by atoms with Gasteiger partial charge in [0.05, 0.1) is 10.6 Å². The largest absolute Gasteiger partial charge is 0.230 e. The summed E-state index contributed by atoms with van der Waals surface area (Å²) in [6.45, 7) is 0. The van der Waals surface area contributed by atoms with Crippen molar-refractivity contribution in [1.29, 1.82) is 0 Å². The highest BCUT2D eigenvalue weighted by atomic mass is 33.5. The van der Waals surface area contributed by atoms with E-state index in [0.717, 1.165) is 27.0 Å². The van der Waals surface area contributed by atoms with Gasteiger partial charge in [0.1, 0.15) is 5.82 Å². The van der Waals surface area contributed by atoms with E-state index in [1.165, 1.54) is 12.1 Å². The molecule has 3 rings (SSSR count). The first-order chi connectivity index (χ1) is 10.8. The van der Waals surface area contributed by atoms with Crippen molar-refractivity contribution in [3.05, 3.63) is 65.4 Å². The monoisotopic (exact) mass is 366 g/mol. The quantitative estimate of drug-likeness (QED) is 0.306. The van der Waals surface area contributed by atoms with E-state index in [4.69, 9.17) is 0 Å². The molecule has 0 saturated carbocycles. The van der Waals surface area contributed by atoms with Gasteiger partial charge in [-0.2, -0.15) is 0 Å². The zero-order valence-corrected chi connectivity index (χ0v) is 14.6. The highest BCUT2D eigenvalue weighted by Crippen LogP contribution is 2.40. The van der Waals surface area contributed by atoms with Crippen molar-refractivity contribution < 1.29 is 4.39 Å². The average molecular weight is 367 g/mol. The molecule has 0 saturated heterocycles.